The Morgan fingerprint density at radius 3 is 2.04 bits per heavy atom. The fourth-order valence-corrected chi connectivity index (χ4v) is 4.62. The molecule has 1 saturated carbocycles. The van der Waals surface area contributed by atoms with Crippen LogP contribution in [0.4, 0.5) is 0 Å². The van der Waals surface area contributed by atoms with Crippen LogP contribution in [-0.4, -0.2) is 33.2 Å². The molecule has 0 unspecified atom stereocenters. The molecule has 134 valence electrons. The van der Waals surface area contributed by atoms with Crippen LogP contribution in [0.15, 0.2) is 59.5 Å². The van der Waals surface area contributed by atoms with Crippen molar-refractivity contribution in [2.75, 3.05) is 19.8 Å². The van der Waals surface area contributed by atoms with Crippen LogP contribution < -0.4 is 0 Å². The molecule has 3 nitrogen and oxygen atoms in total. The number of hydrogen-bond donors (Lipinski definition) is 0. The van der Waals surface area contributed by atoms with Crippen LogP contribution in [0.25, 0.3) is 0 Å². The zero-order chi connectivity index (χ0) is 18.3. The number of sulfone groups is 1. The van der Waals surface area contributed by atoms with E-state index < -0.39 is 9.84 Å². The molecule has 1 fully saturated rings. The zero-order valence-electron chi connectivity index (χ0n) is 15.5. The van der Waals surface area contributed by atoms with Crippen molar-refractivity contribution in [3.05, 3.63) is 65.7 Å². The molecular formula is C21H27NO2S. The van der Waals surface area contributed by atoms with Gasteiger partial charge in [-0.05, 0) is 42.1 Å². The summed E-state index contributed by atoms with van der Waals surface area (Å²) in [6.45, 7) is 6.50. The van der Waals surface area contributed by atoms with Gasteiger partial charge in [0.2, 0.25) is 0 Å². The monoisotopic (exact) mass is 357 g/mol. The van der Waals surface area contributed by atoms with Gasteiger partial charge in [-0.25, -0.2) is 8.42 Å². The lowest BCUT2D eigenvalue weighted by Gasteiger charge is -2.27. The Kier molecular flexibility index (Phi) is 4.54. The second kappa shape index (κ2) is 6.26. The molecule has 25 heavy (non-hydrogen) atoms. The zero-order valence-corrected chi connectivity index (χ0v) is 16.3. The number of hydrogen-bond acceptors (Lipinski definition) is 3. The highest BCUT2D eigenvalue weighted by Crippen LogP contribution is 2.64. The minimum atomic E-state index is -3.13. The third-order valence-corrected chi connectivity index (χ3v) is 6.71. The van der Waals surface area contributed by atoms with Gasteiger partial charge in [0.25, 0.3) is 0 Å². The Morgan fingerprint density at radius 2 is 1.56 bits per heavy atom. The summed E-state index contributed by atoms with van der Waals surface area (Å²) in [4.78, 5) is 2.72. The maximum absolute atomic E-state index is 11.6. The molecule has 2 aromatic carbocycles. The minimum Gasteiger partial charge on any atom is -0.301 e. The van der Waals surface area contributed by atoms with Crippen molar-refractivity contribution in [1.82, 2.24) is 4.90 Å². The largest absolute Gasteiger partial charge is 0.301 e. The van der Waals surface area contributed by atoms with Crippen molar-refractivity contribution in [3.63, 3.8) is 0 Å². The molecule has 0 saturated heterocycles. The fourth-order valence-electron chi connectivity index (χ4n) is 3.99. The van der Waals surface area contributed by atoms with Gasteiger partial charge in [0, 0.05) is 24.8 Å². The van der Waals surface area contributed by atoms with Crippen molar-refractivity contribution in [1.29, 1.82) is 0 Å². The first-order chi connectivity index (χ1) is 11.6. The van der Waals surface area contributed by atoms with Crippen molar-refractivity contribution in [2.24, 2.45) is 5.41 Å². The van der Waals surface area contributed by atoms with E-state index in [1.165, 1.54) is 18.2 Å². The van der Waals surface area contributed by atoms with Crippen molar-refractivity contribution >= 4 is 9.84 Å². The molecule has 4 heteroatoms. The number of nitrogens with zero attached hydrogens (tertiary/aromatic N) is 1. The smallest absolute Gasteiger partial charge is 0.175 e. The quantitative estimate of drug-likeness (QED) is 0.787. The molecule has 1 aliphatic carbocycles. The lowest BCUT2D eigenvalue weighted by Crippen LogP contribution is -2.32. The van der Waals surface area contributed by atoms with Gasteiger partial charge < -0.3 is 4.90 Å². The van der Waals surface area contributed by atoms with Crippen molar-refractivity contribution in [3.8, 4) is 0 Å². The SMILES string of the molecule is CN(Cc1ccc(S(C)(=O)=O)cc1)C[C@@]1(c2ccccc2)CC1(C)C. The van der Waals surface area contributed by atoms with Gasteiger partial charge in [0.15, 0.2) is 9.84 Å². The molecule has 0 spiro atoms. The van der Waals surface area contributed by atoms with Crippen LogP contribution in [0, 0.1) is 5.41 Å². The Bertz CT molecular complexity index is 841. The van der Waals surface area contributed by atoms with Crippen LogP contribution >= 0.6 is 0 Å². The molecular weight excluding hydrogens is 330 g/mol. The summed E-state index contributed by atoms with van der Waals surface area (Å²) in [5, 5.41) is 0. The summed E-state index contributed by atoms with van der Waals surface area (Å²) in [5.74, 6) is 0. The Hall–Kier alpha value is -1.65. The summed E-state index contributed by atoms with van der Waals surface area (Å²) in [5.41, 5.74) is 3.06. The molecule has 1 atom stereocenters. The van der Waals surface area contributed by atoms with E-state index in [0.717, 1.165) is 18.7 Å². The number of benzene rings is 2. The average molecular weight is 358 g/mol. The van der Waals surface area contributed by atoms with E-state index in [4.69, 9.17) is 0 Å². The van der Waals surface area contributed by atoms with E-state index >= 15 is 0 Å². The van der Waals surface area contributed by atoms with E-state index in [0.29, 0.717) is 10.3 Å². The summed E-state index contributed by atoms with van der Waals surface area (Å²) < 4.78 is 23.2. The van der Waals surface area contributed by atoms with Crippen LogP contribution in [-0.2, 0) is 21.8 Å². The molecule has 0 bridgehead atoms. The maximum Gasteiger partial charge on any atom is 0.175 e. The number of likely N-dealkylation sites (N-methyl/N-ethyl adjacent to an activating group) is 1. The standard InChI is InChI=1S/C21H27NO2S/c1-20(2)15-21(20,18-8-6-5-7-9-18)16-22(3)14-17-10-12-19(13-11-17)25(4,23)24/h5-13H,14-16H2,1-4H3/t21-/m1/s1. The van der Waals surface area contributed by atoms with Crippen LogP contribution in [0.3, 0.4) is 0 Å². The van der Waals surface area contributed by atoms with Gasteiger partial charge in [-0.1, -0.05) is 56.3 Å². The molecule has 1 aliphatic rings. The van der Waals surface area contributed by atoms with Crippen molar-refractivity contribution < 1.29 is 8.42 Å². The fraction of sp³-hybridized carbons (Fsp3) is 0.429. The highest BCUT2D eigenvalue weighted by molar-refractivity contribution is 7.90. The molecule has 0 aliphatic heterocycles. The molecule has 0 amide bonds. The van der Waals surface area contributed by atoms with Gasteiger partial charge >= 0.3 is 0 Å². The summed E-state index contributed by atoms with van der Waals surface area (Å²) in [6.07, 6.45) is 2.44. The first kappa shape index (κ1) is 18.2. The lowest BCUT2D eigenvalue weighted by atomic mass is 9.87. The normalized spacial score (nSPS) is 22.1. The van der Waals surface area contributed by atoms with Gasteiger partial charge in [-0.2, -0.15) is 0 Å². The summed E-state index contributed by atoms with van der Waals surface area (Å²) in [6, 6.07) is 18.0. The molecule has 0 radical (unpaired) electrons. The lowest BCUT2D eigenvalue weighted by molar-refractivity contribution is 0.271. The van der Waals surface area contributed by atoms with E-state index in [1.54, 1.807) is 12.1 Å². The molecule has 2 aromatic rings. The van der Waals surface area contributed by atoms with Gasteiger partial charge in [-0.3, -0.25) is 0 Å². The van der Waals surface area contributed by atoms with E-state index in [2.05, 4.69) is 56.1 Å². The predicted molar refractivity (Wildman–Crippen MR) is 102 cm³/mol. The molecule has 0 N–H and O–H groups in total. The Balaban J connectivity index is 1.73. The second-order valence-corrected chi connectivity index (χ2v) is 10.1. The highest BCUT2D eigenvalue weighted by Gasteiger charge is 2.61. The van der Waals surface area contributed by atoms with Crippen LogP contribution in [0.1, 0.15) is 31.4 Å². The van der Waals surface area contributed by atoms with E-state index in [1.807, 2.05) is 12.1 Å². The van der Waals surface area contributed by atoms with Crippen molar-refractivity contribution in [2.45, 2.75) is 37.1 Å². The molecule has 3 rings (SSSR count). The second-order valence-electron chi connectivity index (χ2n) is 8.10. The number of rotatable bonds is 6. The summed E-state index contributed by atoms with van der Waals surface area (Å²) >= 11 is 0. The Labute approximate surface area is 151 Å². The van der Waals surface area contributed by atoms with Crippen LogP contribution in [0.5, 0.6) is 0 Å². The first-order valence-electron chi connectivity index (χ1n) is 8.67. The third-order valence-electron chi connectivity index (χ3n) is 5.58. The topological polar surface area (TPSA) is 37.4 Å². The minimum absolute atomic E-state index is 0.204. The maximum atomic E-state index is 11.6. The van der Waals surface area contributed by atoms with Gasteiger partial charge in [0.1, 0.15) is 0 Å². The molecule has 0 heterocycles. The third kappa shape index (κ3) is 3.65. The van der Waals surface area contributed by atoms with Gasteiger partial charge in [0.05, 0.1) is 4.90 Å². The van der Waals surface area contributed by atoms with E-state index in [9.17, 15) is 8.42 Å². The highest BCUT2D eigenvalue weighted by atomic mass is 32.2. The van der Waals surface area contributed by atoms with Crippen LogP contribution in [0.2, 0.25) is 0 Å². The average Bonchev–Trinajstić information content (AvgIpc) is 3.09. The molecule has 0 aromatic heterocycles. The van der Waals surface area contributed by atoms with Gasteiger partial charge in [-0.15, -0.1) is 0 Å². The summed E-state index contributed by atoms with van der Waals surface area (Å²) in [7, 11) is -0.989. The van der Waals surface area contributed by atoms with E-state index in [-0.39, 0.29) is 5.41 Å². The predicted octanol–water partition coefficient (Wildman–Crippen LogP) is 3.89. The first-order valence-corrected chi connectivity index (χ1v) is 10.6. The Morgan fingerprint density at radius 1 is 1.00 bits per heavy atom.